The number of rotatable bonds is 6. The van der Waals surface area contributed by atoms with Crippen LogP contribution in [-0.4, -0.2) is 21.8 Å². The summed E-state index contributed by atoms with van der Waals surface area (Å²) in [4.78, 5) is 28.2. The number of ketones is 1. The van der Waals surface area contributed by atoms with Crippen molar-refractivity contribution in [2.75, 3.05) is 5.32 Å². The van der Waals surface area contributed by atoms with E-state index in [0.717, 1.165) is 0 Å². The van der Waals surface area contributed by atoms with Crippen LogP contribution in [-0.2, 0) is 11.4 Å². The van der Waals surface area contributed by atoms with Crippen LogP contribution in [0.2, 0.25) is 5.02 Å². The first-order valence-corrected chi connectivity index (χ1v) is 8.61. The van der Waals surface area contributed by atoms with Crippen LogP contribution in [0.15, 0.2) is 34.9 Å². The van der Waals surface area contributed by atoms with Gasteiger partial charge in [0.1, 0.15) is 5.69 Å². The van der Waals surface area contributed by atoms with E-state index in [1.54, 1.807) is 18.2 Å². The Morgan fingerprint density at radius 3 is 2.77 bits per heavy atom. The number of hydrogen-bond donors (Lipinski definition) is 3. The molecule has 6 nitrogen and oxygen atoms in total. The maximum Gasteiger partial charge on any atom is 0.246 e. The van der Waals surface area contributed by atoms with Gasteiger partial charge in [-0.05, 0) is 24.1 Å². The van der Waals surface area contributed by atoms with Gasteiger partial charge < -0.3 is 19.8 Å². The first kappa shape index (κ1) is 18.2. The van der Waals surface area contributed by atoms with E-state index in [4.69, 9.17) is 21.1 Å². The predicted octanol–water partition coefficient (Wildman–Crippen LogP) is 4.12. The van der Waals surface area contributed by atoms with Gasteiger partial charge >= 0.3 is 0 Å². The Morgan fingerprint density at radius 1 is 1.35 bits per heavy atom. The second kappa shape index (κ2) is 7.35. The molecule has 0 spiro atoms. The Balaban J connectivity index is 2.08. The molecule has 0 aliphatic carbocycles. The fourth-order valence-electron chi connectivity index (χ4n) is 2.76. The lowest BCUT2D eigenvalue weighted by Gasteiger charge is -2.08. The van der Waals surface area contributed by atoms with Gasteiger partial charge in [0.15, 0.2) is 5.76 Å². The smallest absolute Gasteiger partial charge is 0.246 e. The molecule has 0 atom stereocenters. The number of H-pyrrole nitrogens is 1. The third-order valence-electron chi connectivity index (χ3n) is 3.92. The van der Waals surface area contributed by atoms with E-state index in [-0.39, 0.29) is 29.9 Å². The number of carbonyl (C=O) groups is 2. The Hall–Kier alpha value is -2.57. The van der Waals surface area contributed by atoms with Gasteiger partial charge in [0.25, 0.3) is 0 Å². The lowest BCUT2D eigenvalue weighted by atomic mass is 10.1. The summed E-state index contributed by atoms with van der Waals surface area (Å²) in [7, 11) is 0. The number of halogens is 1. The number of benzene rings is 1. The lowest BCUT2D eigenvalue weighted by Crippen LogP contribution is -2.16. The molecule has 0 saturated carbocycles. The molecule has 0 radical (unpaired) electrons. The van der Waals surface area contributed by atoms with Gasteiger partial charge in [-0.15, -0.1) is 0 Å². The van der Waals surface area contributed by atoms with Crippen molar-refractivity contribution in [2.45, 2.75) is 26.9 Å². The summed E-state index contributed by atoms with van der Waals surface area (Å²) in [5.41, 5.74) is 1.65. The number of aromatic amines is 1. The molecular weight excluding hydrogens is 356 g/mol. The molecule has 0 bridgehead atoms. The van der Waals surface area contributed by atoms with Crippen LogP contribution in [0.5, 0.6) is 0 Å². The maximum absolute atomic E-state index is 12.9. The predicted molar refractivity (Wildman–Crippen MR) is 99.5 cm³/mol. The lowest BCUT2D eigenvalue weighted by molar-refractivity contribution is -0.116. The van der Waals surface area contributed by atoms with Crippen molar-refractivity contribution in [1.29, 1.82) is 0 Å². The van der Waals surface area contributed by atoms with Crippen LogP contribution in [0.3, 0.4) is 0 Å². The molecule has 3 N–H and O–H groups in total. The average molecular weight is 375 g/mol. The number of carbonyl (C=O) groups excluding carboxylic acids is 2. The molecule has 0 aliphatic heterocycles. The van der Waals surface area contributed by atoms with E-state index in [0.29, 0.717) is 33.6 Å². The van der Waals surface area contributed by atoms with Gasteiger partial charge in [-0.25, -0.2) is 0 Å². The number of fused-ring (bicyclic) bond motifs is 1. The van der Waals surface area contributed by atoms with Gasteiger partial charge in [0.05, 0.1) is 23.6 Å². The van der Waals surface area contributed by atoms with Crippen molar-refractivity contribution in [3.8, 4) is 0 Å². The Bertz CT molecular complexity index is 971. The average Bonchev–Trinajstić information content (AvgIpc) is 3.19. The summed E-state index contributed by atoms with van der Waals surface area (Å²) < 4.78 is 5.25. The highest BCUT2D eigenvalue weighted by molar-refractivity contribution is 6.37. The molecule has 3 rings (SSSR count). The van der Waals surface area contributed by atoms with E-state index in [1.807, 2.05) is 13.8 Å². The number of aliphatic hydroxyl groups is 1. The van der Waals surface area contributed by atoms with Gasteiger partial charge in [-0.1, -0.05) is 31.5 Å². The third kappa shape index (κ3) is 3.52. The third-order valence-corrected chi connectivity index (χ3v) is 4.23. The molecule has 2 aromatic heterocycles. The molecule has 0 fully saturated rings. The van der Waals surface area contributed by atoms with Crippen molar-refractivity contribution in [3.63, 3.8) is 0 Å². The number of aliphatic hydroxyl groups excluding tert-OH is 1. The second-order valence-electron chi connectivity index (χ2n) is 6.49. The van der Waals surface area contributed by atoms with Crippen molar-refractivity contribution < 1.29 is 19.1 Å². The molecular formula is C19H19ClN2O4. The minimum atomic E-state index is -0.434. The zero-order valence-electron chi connectivity index (χ0n) is 14.4. The Morgan fingerprint density at radius 2 is 2.12 bits per heavy atom. The second-order valence-corrected chi connectivity index (χ2v) is 6.90. The number of nitrogens with one attached hydrogen (secondary N) is 2. The van der Waals surface area contributed by atoms with Gasteiger partial charge in [0, 0.05) is 22.9 Å². The Labute approximate surface area is 155 Å². The summed E-state index contributed by atoms with van der Waals surface area (Å²) in [5, 5.41) is 13.0. The normalized spacial score (nSPS) is 11.3. The molecule has 0 aliphatic rings. The Kier molecular flexibility index (Phi) is 5.15. The van der Waals surface area contributed by atoms with Crippen molar-refractivity contribution in [2.24, 2.45) is 5.92 Å². The molecule has 1 aromatic carbocycles. The molecule has 2 heterocycles. The van der Waals surface area contributed by atoms with Crippen molar-refractivity contribution in [1.82, 2.24) is 4.98 Å². The fourth-order valence-corrected chi connectivity index (χ4v) is 3.03. The molecule has 3 aromatic rings. The standard InChI is InChI=1S/C19H19ClN2O4/c1-10(2)6-15(24)22-17-16-12(20)4-3-5-13(16)21-18(17)19(25)14-7-11(8-23)9-26-14/h3-5,7,9-10,21,23H,6,8H2,1-2H3,(H,22,24). The summed E-state index contributed by atoms with van der Waals surface area (Å²) in [5.74, 6) is -0.398. The monoisotopic (exact) mass is 374 g/mol. The minimum absolute atomic E-state index is 0.0658. The largest absolute Gasteiger partial charge is 0.460 e. The number of hydrogen-bond acceptors (Lipinski definition) is 4. The van der Waals surface area contributed by atoms with Crippen LogP contribution >= 0.6 is 11.6 Å². The van der Waals surface area contributed by atoms with Crippen LogP contribution in [0.25, 0.3) is 10.9 Å². The van der Waals surface area contributed by atoms with Crippen LogP contribution in [0.4, 0.5) is 5.69 Å². The highest BCUT2D eigenvalue weighted by Gasteiger charge is 2.24. The van der Waals surface area contributed by atoms with E-state index in [1.165, 1.54) is 12.3 Å². The summed E-state index contributed by atoms with van der Waals surface area (Å²) >= 11 is 6.30. The number of anilines is 1. The number of amides is 1. The molecule has 0 unspecified atom stereocenters. The summed E-state index contributed by atoms with van der Waals surface area (Å²) in [6.45, 7) is 3.65. The SMILES string of the molecule is CC(C)CC(=O)Nc1c(C(=O)c2cc(CO)co2)[nH]c2cccc(Cl)c12. The number of furan rings is 1. The zero-order valence-corrected chi connectivity index (χ0v) is 15.2. The van der Waals surface area contributed by atoms with E-state index >= 15 is 0 Å². The first-order valence-electron chi connectivity index (χ1n) is 8.23. The maximum atomic E-state index is 12.9. The summed E-state index contributed by atoms with van der Waals surface area (Å²) in [6.07, 6.45) is 1.64. The van der Waals surface area contributed by atoms with E-state index < -0.39 is 5.78 Å². The van der Waals surface area contributed by atoms with Gasteiger partial charge in [-0.2, -0.15) is 0 Å². The topological polar surface area (TPSA) is 95.3 Å². The van der Waals surface area contributed by atoms with E-state index in [2.05, 4.69) is 10.3 Å². The molecule has 26 heavy (non-hydrogen) atoms. The van der Waals surface area contributed by atoms with Crippen molar-refractivity contribution >= 4 is 39.9 Å². The van der Waals surface area contributed by atoms with Crippen molar-refractivity contribution in [3.05, 3.63) is 52.6 Å². The highest BCUT2D eigenvalue weighted by atomic mass is 35.5. The van der Waals surface area contributed by atoms with Gasteiger partial charge in [0.2, 0.25) is 11.7 Å². The molecule has 0 saturated heterocycles. The highest BCUT2D eigenvalue weighted by Crippen LogP contribution is 2.35. The van der Waals surface area contributed by atoms with Crippen LogP contribution in [0.1, 0.15) is 42.1 Å². The quantitative estimate of drug-likeness (QED) is 0.565. The zero-order chi connectivity index (χ0) is 18.8. The summed E-state index contributed by atoms with van der Waals surface area (Å²) in [6, 6.07) is 6.69. The fraction of sp³-hybridized carbons (Fsp3) is 0.263. The van der Waals surface area contributed by atoms with Crippen LogP contribution in [0, 0.1) is 5.92 Å². The molecule has 1 amide bonds. The number of aromatic nitrogens is 1. The van der Waals surface area contributed by atoms with Crippen LogP contribution < -0.4 is 5.32 Å². The molecule has 136 valence electrons. The van der Waals surface area contributed by atoms with E-state index in [9.17, 15) is 9.59 Å². The molecule has 7 heteroatoms. The van der Waals surface area contributed by atoms with Gasteiger partial charge in [-0.3, -0.25) is 9.59 Å². The minimum Gasteiger partial charge on any atom is -0.460 e. The first-order chi connectivity index (χ1) is 12.4.